The van der Waals surface area contributed by atoms with Crippen LogP contribution in [0.3, 0.4) is 0 Å². The number of halogens is 2. The number of methoxy groups -OCH3 is 1. The quantitative estimate of drug-likeness (QED) is 0.328. The van der Waals surface area contributed by atoms with Crippen LogP contribution in [0.5, 0.6) is 5.75 Å². The fraction of sp³-hybridized carbons (Fsp3) is 0.348. The van der Waals surface area contributed by atoms with Gasteiger partial charge < -0.3 is 21.5 Å². The van der Waals surface area contributed by atoms with Crippen molar-refractivity contribution < 1.29 is 14.3 Å². The number of amidine groups is 1. The van der Waals surface area contributed by atoms with Crippen LogP contribution in [0.2, 0.25) is 0 Å². The van der Waals surface area contributed by atoms with E-state index in [4.69, 9.17) is 21.6 Å². The number of rotatable bonds is 8. The van der Waals surface area contributed by atoms with Gasteiger partial charge >= 0.3 is 0 Å². The average molecular weight is 496 g/mol. The molecule has 180 valence electrons. The van der Waals surface area contributed by atoms with Gasteiger partial charge in [-0.2, -0.15) is 0 Å². The summed E-state index contributed by atoms with van der Waals surface area (Å²) in [6.45, 7) is 2.69. The van der Waals surface area contributed by atoms with E-state index in [1.54, 1.807) is 26.2 Å². The van der Waals surface area contributed by atoms with Crippen LogP contribution < -0.4 is 21.5 Å². The first-order valence-electron chi connectivity index (χ1n) is 10.2. The average Bonchev–Trinajstić information content (AvgIpc) is 3.23. The summed E-state index contributed by atoms with van der Waals surface area (Å²) in [4.78, 5) is 26.8. The molecule has 0 bridgehead atoms. The number of carbonyl (C=O) groups excluding carboxylic acids is 2. The zero-order chi connectivity index (χ0) is 22.5. The number of nitrogens with two attached hydrogens (primary N) is 2. The van der Waals surface area contributed by atoms with Crippen molar-refractivity contribution >= 4 is 42.5 Å². The van der Waals surface area contributed by atoms with Crippen molar-refractivity contribution in [1.82, 2.24) is 10.2 Å². The first-order chi connectivity index (χ1) is 14.8. The van der Waals surface area contributed by atoms with Crippen LogP contribution >= 0.6 is 24.8 Å². The lowest BCUT2D eigenvalue weighted by molar-refractivity contribution is -0.129. The van der Waals surface area contributed by atoms with Gasteiger partial charge in [0, 0.05) is 18.7 Å². The number of likely N-dealkylation sites (tertiary alicyclic amines) is 1. The second-order valence-electron chi connectivity index (χ2n) is 7.83. The lowest BCUT2D eigenvalue weighted by atomic mass is 9.96. The van der Waals surface area contributed by atoms with Gasteiger partial charge in [0.25, 0.3) is 0 Å². The Morgan fingerprint density at radius 2 is 1.85 bits per heavy atom. The van der Waals surface area contributed by atoms with Crippen molar-refractivity contribution in [3.8, 4) is 5.75 Å². The second kappa shape index (κ2) is 12.4. The fourth-order valence-corrected chi connectivity index (χ4v) is 4.00. The van der Waals surface area contributed by atoms with Gasteiger partial charge in [-0.15, -0.1) is 24.8 Å². The molecule has 10 heteroatoms. The summed E-state index contributed by atoms with van der Waals surface area (Å²) in [5.74, 6) is 0.245. The van der Waals surface area contributed by atoms with Crippen LogP contribution in [0.25, 0.3) is 0 Å². The fourth-order valence-electron chi connectivity index (χ4n) is 4.00. The zero-order valence-corrected chi connectivity index (χ0v) is 20.2. The van der Waals surface area contributed by atoms with Crippen LogP contribution in [0.15, 0.2) is 48.5 Å². The van der Waals surface area contributed by atoms with E-state index in [1.165, 1.54) is 0 Å². The molecule has 3 rings (SSSR count). The summed E-state index contributed by atoms with van der Waals surface area (Å²) in [6, 6.07) is 13.9. The topological polar surface area (TPSA) is 135 Å². The van der Waals surface area contributed by atoms with E-state index < -0.39 is 18.0 Å². The summed E-state index contributed by atoms with van der Waals surface area (Å²) < 4.78 is 5.31. The van der Waals surface area contributed by atoms with Gasteiger partial charge in [-0.25, -0.2) is 0 Å². The number of carbonyl (C=O) groups is 2. The molecule has 3 atom stereocenters. The number of hydrogen-bond donors (Lipinski definition) is 4. The maximum Gasteiger partial charge on any atom is 0.237 e. The molecule has 2 aromatic carbocycles. The summed E-state index contributed by atoms with van der Waals surface area (Å²) in [6.07, 6.45) is 0.562. The lowest BCUT2D eigenvalue weighted by Crippen LogP contribution is -2.51. The van der Waals surface area contributed by atoms with Gasteiger partial charge in [0.05, 0.1) is 19.2 Å². The van der Waals surface area contributed by atoms with E-state index in [2.05, 4.69) is 5.32 Å². The van der Waals surface area contributed by atoms with Crippen molar-refractivity contribution in [2.75, 3.05) is 13.7 Å². The minimum absolute atomic E-state index is 0. The third kappa shape index (κ3) is 6.83. The van der Waals surface area contributed by atoms with Crippen molar-refractivity contribution in [3.63, 3.8) is 0 Å². The minimum Gasteiger partial charge on any atom is -0.497 e. The van der Waals surface area contributed by atoms with Crippen LogP contribution in [0.1, 0.15) is 36.0 Å². The summed E-state index contributed by atoms with van der Waals surface area (Å²) in [5, 5.41) is 10.4. The standard InChI is InChI=1S/C23H29N5O3.2ClH/c1-14(23(30)27-12-15-6-8-16(9-7-15)21(24)25)28-13-18(11-20(28)22(26)29)17-4-3-5-19(10-17)31-2;;/h3-10,14,18,20H,11-13H2,1-2H3,(H3,24,25)(H2,26,29)(H,27,30);2*1H/t14-,18?,20?;;/m0../s1. The molecule has 8 nitrogen and oxygen atoms in total. The maximum absolute atomic E-state index is 12.8. The second-order valence-corrected chi connectivity index (χ2v) is 7.83. The van der Waals surface area contributed by atoms with Gasteiger partial charge in [0.1, 0.15) is 11.6 Å². The Labute approximate surface area is 206 Å². The number of primary amides is 1. The van der Waals surface area contributed by atoms with E-state index in [1.807, 2.05) is 41.3 Å². The first-order valence-corrected chi connectivity index (χ1v) is 10.2. The van der Waals surface area contributed by atoms with Gasteiger partial charge in [0.2, 0.25) is 11.8 Å². The number of amides is 2. The van der Waals surface area contributed by atoms with E-state index >= 15 is 0 Å². The molecule has 0 aliphatic carbocycles. The Morgan fingerprint density at radius 3 is 2.42 bits per heavy atom. The SMILES string of the molecule is COc1cccc(C2CC(C(N)=O)N([C@@H](C)C(=O)NCc3ccc(C(=N)N)cc3)C2)c1.Cl.Cl. The highest BCUT2D eigenvalue weighted by Gasteiger charge is 2.40. The summed E-state index contributed by atoms with van der Waals surface area (Å²) in [7, 11) is 1.62. The number of nitrogens with one attached hydrogen (secondary N) is 2. The van der Waals surface area contributed by atoms with Crippen molar-refractivity contribution in [3.05, 3.63) is 65.2 Å². The molecule has 0 saturated carbocycles. The van der Waals surface area contributed by atoms with E-state index in [0.29, 0.717) is 25.1 Å². The van der Waals surface area contributed by atoms with Crippen LogP contribution in [0, 0.1) is 5.41 Å². The minimum atomic E-state index is -0.510. The molecule has 0 aromatic heterocycles. The van der Waals surface area contributed by atoms with Crippen molar-refractivity contribution in [2.45, 2.75) is 37.9 Å². The molecule has 2 amide bonds. The van der Waals surface area contributed by atoms with Crippen LogP contribution in [-0.4, -0.2) is 48.3 Å². The van der Waals surface area contributed by atoms with Gasteiger partial charge in [-0.3, -0.25) is 19.9 Å². The third-order valence-corrected chi connectivity index (χ3v) is 5.84. The highest BCUT2D eigenvalue weighted by atomic mass is 35.5. The molecule has 0 spiro atoms. The largest absolute Gasteiger partial charge is 0.497 e. The Bertz CT molecular complexity index is 971. The first kappa shape index (κ1) is 28.2. The molecular weight excluding hydrogens is 465 g/mol. The van der Waals surface area contributed by atoms with Crippen molar-refractivity contribution in [2.24, 2.45) is 11.5 Å². The zero-order valence-electron chi connectivity index (χ0n) is 18.6. The Balaban J connectivity index is 0.00000272. The molecule has 6 N–H and O–H groups in total. The number of nitrogen functional groups attached to an aromatic ring is 1. The van der Waals surface area contributed by atoms with Crippen LogP contribution in [0.4, 0.5) is 0 Å². The van der Waals surface area contributed by atoms with Crippen LogP contribution in [-0.2, 0) is 16.1 Å². The highest BCUT2D eigenvalue weighted by molar-refractivity contribution is 5.94. The predicted molar refractivity (Wildman–Crippen MR) is 133 cm³/mol. The molecule has 0 radical (unpaired) electrons. The van der Waals surface area contributed by atoms with E-state index in [9.17, 15) is 9.59 Å². The van der Waals surface area contributed by atoms with E-state index in [0.717, 1.165) is 16.9 Å². The number of benzene rings is 2. The Hall–Kier alpha value is -2.81. The maximum atomic E-state index is 12.8. The number of nitrogens with zero attached hydrogens (tertiary/aromatic N) is 1. The Morgan fingerprint density at radius 1 is 1.18 bits per heavy atom. The smallest absolute Gasteiger partial charge is 0.237 e. The monoisotopic (exact) mass is 495 g/mol. The summed E-state index contributed by atoms with van der Waals surface area (Å²) in [5.41, 5.74) is 13.7. The third-order valence-electron chi connectivity index (χ3n) is 5.84. The normalized spacial score (nSPS) is 18.4. The molecule has 2 unspecified atom stereocenters. The van der Waals surface area contributed by atoms with Gasteiger partial charge in [0.15, 0.2) is 0 Å². The van der Waals surface area contributed by atoms with Crippen molar-refractivity contribution in [1.29, 1.82) is 5.41 Å². The molecule has 1 aliphatic rings. The molecule has 1 fully saturated rings. The summed E-state index contributed by atoms with van der Waals surface area (Å²) >= 11 is 0. The predicted octanol–water partition coefficient (Wildman–Crippen LogP) is 2.17. The highest BCUT2D eigenvalue weighted by Crippen LogP contribution is 2.34. The molecule has 33 heavy (non-hydrogen) atoms. The number of ether oxygens (including phenoxy) is 1. The van der Waals surface area contributed by atoms with E-state index in [-0.39, 0.29) is 42.5 Å². The molecule has 2 aromatic rings. The molecule has 1 aliphatic heterocycles. The molecule has 1 heterocycles. The molecule has 1 saturated heterocycles. The van der Waals surface area contributed by atoms with Gasteiger partial charge in [-0.1, -0.05) is 36.4 Å². The lowest BCUT2D eigenvalue weighted by Gasteiger charge is -2.28. The Kier molecular flexibility index (Phi) is 10.6. The molecular formula is C23H31Cl2N5O3. The number of hydrogen-bond acceptors (Lipinski definition) is 5. The van der Waals surface area contributed by atoms with Gasteiger partial charge in [-0.05, 0) is 42.5 Å².